The van der Waals surface area contributed by atoms with E-state index in [-0.39, 0.29) is 12.0 Å². The van der Waals surface area contributed by atoms with Gasteiger partial charge in [-0.15, -0.1) is 0 Å². The summed E-state index contributed by atoms with van der Waals surface area (Å²) in [6.07, 6.45) is 5.44. The summed E-state index contributed by atoms with van der Waals surface area (Å²) in [5, 5.41) is 9.98. The summed E-state index contributed by atoms with van der Waals surface area (Å²) in [7, 11) is 0. The van der Waals surface area contributed by atoms with Gasteiger partial charge < -0.3 is 9.84 Å². The van der Waals surface area contributed by atoms with Gasteiger partial charge in [0.15, 0.2) is 0 Å². The summed E-state index contributed by atoms with van der Waals surface area (Å²) >= 11 is 0. The lowest BCUT2D eigenvalue weighted by Gasteiger charge is -2.38. The number of ether oxygens (including phenoxy) is 1. The van der Waals surface area contributed by atoms with Crippen molar-refractivity contribution in [2.24, 2.45) is 5.92 Å². The average Bonchev–Trinajstić information content (AvgIpc) is 2.46. The molecule has 0 saturated carbocycles. The minimum absolute atomic E-state index is 0.0767. The lowest BCUT2D eigenvalue weighted by molar-refractivity contribution is 0.0801. The van der Waals surface area contributed by atoms with Gasteiger partial charge in [0.1, 0.15) is 0 Å². The Morgan fingerprint density at radius 3 is 2.80 bits per heavy atom. The molecule has 1 N–H and O–H groups in total. The number of rotatable bonds is 7. The fraction of sp³-hybridized carbons (Fsp3) is 0.667. The molecule has 0 aromatic heterocycles. The Hall–Kier alpha value is -0.860. The summed E-state index contributed by atoms with van der Waals surface area (Å²) in [4.78, 5) is 0. The number of benzene rings is 1. The van der Waals surface area contributed by atoms with Crippen LogP contribution in [0.2, 0.25) is 0 Å². The molecule has 112 valence electrons. The van der Waals surface area contributed by atoms with E-state index in [1.165, 1.54) is 17.5 Å². The Kier molecular flexibility index (Phi) is 5.62. The highest BCUT2D eigenvalue weighted by molar-refractivity contribution is 5.37. The van der Waals surface area contributed by atoms with Crippen LogP contribution in [0.4, 0.5) is 0 Å². The smallest absolute Gasteiger partial charge is 0.0528 e. The molecule has 2 rings (SSSR count). The van der Waals surface area contributed by atoms with Crippen molar-refractivity contribution in [3.05, 3.63) is 35.4 Å². The second kappa shape index (κ2) is 7.24. The summed E-state index contributed by atoms with van der Waals surface area (Å²) in [6.45, 7) is 6.26. The lowest BCUT2D eigenvalue weighted by atomic mass is 9.68. The molecule has 0 radical (unpaired) electrons. The molecule has 0 aliphatic heterocycles. The van der Waals surface area contributed by atoms with Gasteiger partial charge in [0, 0.05) is 18.6 Å². The van der Waals surface area contributed by atoms with Gasteiger partial charge in [0.05, 0.1) is 6.61 Å². The van der Waals surface area contributed by atoms with Crippen LogP contribution in [0.1, 0.15) is 50.7 Å². The standard InChI is InChI=1S/C18H28O2/c1-15(2)9-12-20-13-11-18(14-19)10-5-7-16-6-3-4-8-17(16)18/h3-4,6,8,15,19H,5,7,9-14H2,1-2H3. The molecule has 0 heterocycles. The van der Waals surface area contributed by atoms with E-state index in [1.54, 1.807) is 0 Å². The monoisotopic (exact) mass is 276 g/mol. The molecule has 1 aliphatic rings. The minimum atomic E-state index is -0.0767. The lowest BCUT2D eigenvalue weighted by Crippen LogP contribution is -2.36. The Morgan fingerprint density at radius 1 is 1.25 bits per heavy atom. The van der Waals surface area contributed by atoms with E-state index in [9.17, 15) is 5.11 Å². The average molecular weight is 276 g/mol. The maximum absolute atomic E-state index is 9.98. The fourth-order valence-electron chi connectivity index (χ4n) is 3.20. The normalized spacial score (nSPS) is 22.0. The highest BCUT2D eigenvalue weighted by atomic mass is 16.5. The number of aliphatic hydroxyl groups excluding tert-OH is 1. The van der Waals surface area contributed by atoms with E-state index in [0.717, 1.165) is 38.9 Å². The van der Waals surface area contributed by atoms with Gasteiger partial charge in [-0.3, -0.25) is 0 Å². The van der Waals surface area contributed by atoms with Crippen LogP contribution in [0.15, 0.2) is 24.3 Å². The molecule has 2 nitrogen and oxygen atoms in total. The van der Waals surface area contributed by atoms with E-state index in [1.807, 2.05) is 0 Å². The van der Waals surface area contributed by atoms with Crippen molar-refractivity contribution in [2.75, 3.05) is 19.8 Å². The zero-order valence-corrected chi connectivity index (χ0v) is 12.9. The van der Waals surface area contributed by atoms with Crippen molar-refractivity contribution in [3.63, 3.8) is 0 Å². The summed E-state index contributed by atoms with van der Waals surface area (Å²) in [5.74, 6) is 0.692. The van der Waals surface area contributed by atoms with Crippen LogP contribution in [0.25, 0.3) is 0 Å². The van der Waals surface area contributed by atoms with Crippen LogP contribution in [0, 0.1) is 5.92 Å². The number of aliphatic hydroxyl groups is 1. The van der Waals surface area contributed by atoms with Crippen LogP contribution < -0.4 is 0 Å². The zero-order chi connectivity index (χ0) is 14.4. The van der Waals surface area contributed by atoms with Crippen molar-refractivity contribution in [2.45, 2.75) is 51.4 Å². The SMILES string of the molecule is CC(C)CCOCCC1(CO)CCCc2ccccc21. The quantitative estimate of drug-likeness (QED) is 0.769. The maximum atomic E-state index is 9.98. The third kappa shape index (κ3) is 3.62. The molecule has 1 unspecified atom stereocenters. The van der Waals surface area contributed by atoms with Crippen LogP contribution in [-0.4, -0.2) is 24.9 Å². The van der Waals surface area contributed by atoms with Gasteiger partial charge >= 0.3 is 0 Å². The molecular formula is C18H28O2. The molecule has 0 saturated heterocycles. The predicted octanol–water partition coefficient (Wildman–Crippen LogP) is 3.71. The van der Waals surface area contributed by atoms with Gasteiger partial charge in [-0.25, -0.2) is 0 Å². The Labute approximate surface area is 123 Å². The molecule has 0 bridgehead atoms. The first kappa shape index (κ1) is 15.5. The summed E-state index contributed by atoms with van der Waals surface area (Å²) in [5.41, 5.74) is 2.68. The predicted molar refractivity (Wildman–Crippen MR) is 83.0 cm³/mol. The highest BCUT2D eigenvalue weighted by Crippen LogP contribution is 2.39. The highest BCUT2D eigenvalue weighted by Gasteiger charge is 2.35. The molecule has 0 spiro atoms. The van der Waals surface area contributed by atoms with Gasteiger partial charge in [-0.1, -0.05) is 38.1 Å². The number of hydrogen-bond donors (Lipinski definition) is 1. The molecule has 20 heavy (non-hydrogen) atoms. The third-order valence-electron chi connectivity index (χ3n) is 4.56. The molecule has 1 aliphatic carbocycles. The number of fused-ring (bicyclic) bond motifs is 1. The van der Waals surface area contributed by atoms with Gasteiger partial charge in [-0.05, 0) is 49.1 Å². The first-order valence-electron chi connectivity index (χ1n) is 7.95. The molecule has 1 aromatic carbocycles. The van der Waals surface area contributed by atoms with Gasteiger partial charge in [-0.2, -0.15) is 0 Å². The van der Waals surface area contributed by atoms with E-state index in [0.29, 0.717) is 5.92 Å². The number of hydrogen-bond acceptors (Lipinski definition) is 2. The minimum Gasteiger partial charge on any atom is -0.395 e. The second-order valence-electron chi connectivity index (χ2n) is 6.49. The van der Waals surface area contributed by atoms with E-state index < -0.39 is 0 Å². The summed E-state index contributed by atoms with van der Waals surface area (Å²) < 4.78 is 5.78. The van der Waals surface area contributed by atoms with Crippen molar-refractivity contribution in [1.29, 1.82) is 0 Å². The fourth-order valence-corrected chi connectivity index (χ4v) is 3.20. The molecule has 2 heteroatoms. The Morgan fingerprint density at radius 2 is 2.05 bits per heavy atom. The maximum Gasteiger partial charge on any atom is 0.0528 e. The molecule has 0 fully saturated rings. The Bertz CT molecular complexity index is 414. The van der Waals surface area contributed by atoms with E-state index in [4.69, 9.17) is 4.74 Å². The second-order valence-corrected chi connectivity index (χ2v) is 6.49. The largest absolute Gasteiger partial charge is 0.395 e. The van der Waals surface area contributed by atoms with Crippen LogP contribution in [0.3, 0.4) is 0 Å². The van der Waals surface area contributed by atoms with E-state index in [2.05, 4.69) is 38.1 Å². The molecule has 1 aromatic rings. The number of aryl methyl sites for hydroxylation is 1. The topological polar surface area (TPSA) is 29.5 Å². The molecule has 1 atom stereocenters. The third-order valence-corrected chi connectivity index (χ3v) is 4.56. The van der Waals surface area contributed by atoms with Crippen LogP contribution in [0.5, 0.6) is 0 Å². The Balaban J connectivity index is 1.97. The van der Waals surface area contributed by atoms with Crippen molar-refractivity contribution in [3.8, 4) is 0 Å². The van der Waals surface area contributed by atoms with Crippen LogP contribution >= 0.6 is 0 Å². The zero-order valence-electron chi connectivity index (χ0n) is 12.9. The van der Waals surface area contributed by atoms with Crippen molar-refractivity contribution in [1.82, 2.24) is 0 Å². The summed E-state index contributed by atoms with van der Waals surface area (Å²) in [6, 6.07) is 8.59. The molecule has 0 amide bonds. The van der Waals surface area contributed by atoms with Crippen molar-refractivity contribution >= 4 is 0 Å². The van der Waals surface area contributed by atoms with Gasteiger partial charge in [0.2, 0.25) is 0 Å². The first-order chi connectivity index (χ1) is 9.68. The first-order valence-corrected chi connectivity index (χ1v) is 7.95. The molecular weight excluding hydrogens is 248 g/mol. The van der Waals surface area contributed by atoms with Crippen LogP contribution in [-0.2, 0) is 16.6 Å². The van der Waals surface area contributed by atoms with E-state index >= 15 is 0 Å². The van der Waals surface area contributed by atoms with Gasteiger partial charge in [0.25, 0.3) is 0 Å². The van der Waals surface area contributed by atoms with Crippen molar-refractivity contribution < 1.29 is 9.84 Å².